The lowest BCUT2D eigenvalue weighted by Gasteiger charge is -2.15. The highest BCUT2D eigenvalue weighted by Gasteiger charge is 2.15. The van der Waals surface area contributed by atoms with E-state index in [4.69, 9.17) is 4.74 Å². The Morgan fingerprint density at radius 3 is 2.68 bits per heavy atom. The van der Waals surface area contributed by atoms with E-state index >= 15 is 0 Å². The zero-order valence-electron chi connectivity index (χ0n) is 16.3. The Balaban J connectivity index is 2.17. The van der Waals surface area contributed by atoms with Gasteiger partial charge in [-0.2, -0.15) is 8.78 Å². The molecule has 0 atom stereocenters. The fourth-order valence-electron chi connectivity index (χ4n) is 2.55. The van der Waals surface area contributed by atoms with Crippen LogP contribution in [0.5, 0.6) is 11.5 Å². The van der Waals surface area contributed by atoms with Gasteiger partial charge in [0.15, 0.2) is 17.5 Å². The van der Waals surface area contributed by atoms with Crippen molar-refractivity contribution >= 4 is 5.96 Å². The smallest absolute Gasteiger partial charge is 0.387 e. The van der Waals surface area contributed by atoms with Gasteiger partial charge in [0.25, 0.3) is 0 Å². The van der Waals surface area contributed by atoms with Crippen LogP contribution >= 0.6 is 0 Å². The Bertz CT molecular complexity index is 785. The van der Waals surface area contributed by atoms with Gasteiger partial charge in [0.05, 0.1) is 25.4 Å². The number of guanidine groups is 1. The summed E-state index contributed by atoms with van der Waals surface area (Å²) in [6.07, 6.45) is 1.74. The number of para-hydroxylation sites is 1. The maximum absolute atomic E-state index is 12.8. The van der Waals surface area contributed by atoms with Crippen molar-refractivity contribution in [1.29, 1.82) is 0 Å². The summed E-state index contributed by atoms with van der Waals surface area (Å²) < 4.78 is 35.8. The van der Waals surface area contributed by atoms with E-state index < -0.39 is 6.61 Å². The molecule has 0 saturated carbocycles. The Morgan fingerprint density at radius 1 is 1.18 bits per heavy atom. The molecule has 1 aromatic carbocycles. The van der Waals surface area contributed by atoms with Gasteiger partial charge in [-0.15, -0.1) is 0 Å². The molecule has 2 rings (SSSR count). The van der Waals surface area contributed by atoms with Crippen molar-refractivity contribution in [3.8, 4) is 11.5 Å². The lowest BCUT2D eigenvalue weighted by Crippen LogP contribution is -2.37. The fourth-order valence-corrected chi connectivity index (χ4v) is 2.55. The molecule has 0 aliphatic heterocycles. The monoisotopic (exact) mass is 392 g/mol. The van der Waals surface area contributed by atoms with E-state index in [0.717, 1.165) is 11.3 Å². The molecule has 0 radical (unpaired) electrons. The third-order valence-corrected chi connectivity index (χ3v) is 3.86. The summed E-state index contributed by atoms with van der Waals surface area (Å²) in [6, 6.07) is 8.89. The number of hydrogen-bond acceptors (Lipinski definition) is 4. The summed E-state index contributed by atoms with van der Waals surface area (Å²) in [7, 11) is 0. The zero-order chi connectivity index (χ0) is 20.4. The van der Waals surface area contributed by atoms with Gasteiger partial charge in [-0.05, 0) is 38.5 Å². The summed E-state index contributed by atoms with van der Waals surface area (Å²) >= 11 is 0. The van der Waals surface area contributed by atoms with Gasteiger partial charge in [-0.25, -0.2) is 4.99 Å². The Morgan fingerprint density at radius 2 is 2.00 bits per heavy atom. The number of halogens is 2. The van der Waals surface area contributed by atoms with Gasteiger partial charge in [0.1, 0.15) is 0 Å². The van der Waals surface area contributed by atoms with E-state index in [9.17, 15) is 8.78 Å². The molecule has 0 bridgehead atoms. The molecule has 152 valence electrons. The molecule has 8 heteroatoms. The minimum Gasteiger partial charge on any atom is -0.490 e. The first-order valence-electron chi connectivity index (χ1n) is 9.17. The first-order valence-corrected chi connectivity index (χ1v) is 9.17. The van der Waals surface area contributed by atoms with Crippen molar-refractivity contribution in [2.75, 3.05) is 13.2 Å². The molecular formula is C20H26F2N4O2. The van der Waals surface area contributed by atoms with Crippen LogP contribution in [0.2, 0.25) is 0 Å². The van der Waals surface area contributed by atoms with E-state index in [2.05, 4.69) is 25.3 Å². The van der Waals surface area contributed by atoms with Crippen LogP contribution < -0.4 is 20.1 Å². The van der Waals surface area contributed by atoms with E-state index in [1.54, 1.807) is 31.3 Å². The maximum Gasteiger partial charge on any atom is 0.387 e. The first-order chi connectivity index (χ1) is 13.5. The second-order valence-corrected chi connectivity index (χ2v) is 5.87. The third kappa shape index (κ3) is 6.37. The number of aliphatic imine (C=N–C) groups is 1. The average molecular weight is 392 g/mol. The molecule has 2 aromatic rings. The van der Waals surface area contributed by atoms with Gasteiger partial charge >= 0.3 is 6.61 Å². The van der Waals surface area contributed by atoms with E-state index in [-0.39, 0.29) is 18.0 Å². The number of pyridine rings is 1. The average Bonchev–Trinajstić information content (AvgIpc) is 2.67. The number of ether oxygens (including phenoxy) is 2. The van der Waals surface area contributed by atoms with Crippen molar-refractivity contribution in [1.82, 2.24) is 15.6 Å². The minimum atomic E-state index is -2.94. The summed E-state index contributed by atoms with van der Waals surface area (Å²) in [5.41, 5.74) is 2.49. The highest BCUT2D eigenvalue weighted by molar-refractivity contribution is 5.79. The van der Waals surface area contributed by atoms with Gasteiger partial charge in [-0.1, -0.05) is 18.2 Å². The zero-order valence-corrected chi connectivity index (χ0v) is 16.3. The lowest BCUT2D eigenvalue weighted by molar-refractivity contribution is -0.0520. The van der Waals surface area contributed by atoms with Crippen LogP contribution in [-0.4, -0.2) is 30.7 Å². The highest BCUT2D eigenvalue weighted by Crippen LogP contribution is 2.33. The maximum atomic E-state index is 12.8. The molecule has 0 saturated heterocycles. The quantitative estimate of drug-likeness (QED) is 0.504. The molecule has 1 heterocycles. The van der Waals surface area contributed by atoms with Crippen LogP contribution in [0.15, 0.2) is 41.5 Å². The number of benzene rings is 1. The second kappa shape index (κ2) is 11.1. The topological polar surface area (TPSA) is 67.8 Å². The summed E-state index contributed by atoms with van der Waals surface area (Å²) in [5, 5.41) is 6.34. The molecule has 0 aliphatic rings. The number of rotatable bonds is 9. The number of hydrogen-bond donors (Lipinski definition) is 2. The molecule has 0 aliphatic carbocycles. The lowest BCUT2D eigenvalue weighted by atomic mass is 10.2. The Labute approximate surface area is 164 Å². The van der Waals surface area contributed by atoms with Crippen molar-refractivity contribution in [2.45, 2.75) is 40.5 Å². The van der Waals surface area contributed by atoms with E-state index in [1.165, 1.54) is 0 Å². The van der Waals surface area contributed by atoms with Crippen molar-refractivity contribution in [3.05, 3.63) is 53.3 Å². The van der Waals surface area contributed by atoms with Crippen LogP contribution in [0.25, 0.3) is 0 Å². The van der Waals surface area contributed by atoms with Crippen LogP contribution in [0, 0.1) is 6.92 Å². The molecule has 28 heavy (non-hydrogen) atoms. The molecular weight excluding hydrogens is 366 g/mol. The van der Waals surface area contributed by atoms with Gasteiger partial charge in [-0.3, -0.25) is 4.98 Å². The molecule has 2 N–H and O–H groups in total. The SMILES string of the molecule is CCNC(=NCc1cccc(OCC)c1OC(F)F)NCc1ncccc1C. The number of alkyl halides is 2. The highest BCUT2D eigenvalue weighted by atomic mass is 19.3. The third-order valence-electron chi connectivity index (χ3n) is 3.86. The van der Waals surface area contributed by atoms with Crippen LogP contribution in [-0.2, 0) is 13.1 Å². The number of nitrogens with zero attached hydrogens (tertiary/aromatic N) is 2. The summed E-state index contributed by atoms with van der Waals surface area (Å²) in [6.45, 7) is 4.43. The Kier molecular flexibility index (Phi) is 8.45. The Hall–Kier alpha value is -2.90. The van der Waals surface area contributed by atoms with Gasteiger partial charge in [0.2, 0.25) is 0 Å². The molecule has 0 unspecified atom stereocenters. The first kappa shape index (κ1) is 21.4. The predicted molar refractivity (Wildman–Crippen MR) is 105 cm³/mol. The molecule has 1 aromatic heterocycles. The largest absolute Gasteiger partial charge is 0.490 e. The molecule has 0 fully saturated rings. The second-order valence-electron chi connectivity index (χ2n) is 5.87. The number of aryl methyl sites for hydroxylation is 1. The van der Waals surface area contributed by atoms with Crippen molar-refractivity contribution in [2.24, 2.45) is 4.99 Å². The van der Waals surface area contributed by atoms with Crippen LogP contribution in [0.4, 0.5) is 8.78 Å². The summed E-state index contributed by atoms with van der Waals surface area (Å²) in [4.78, 5) is 8.83. The fraction of sp³-hybridized carbons (Fsp3) is 0.400. The van der Waals surface area contributed by atoms with E-state index in [1.807, 2.05) is 26.0 Å². The van der Waals surface area contributed by atoms with Crippen LogP contribution in [0.3, 0.4) is 0 Å². The van der Waals surface area contributed by atoms with Gasteiger partial charge < -0.3 is 20.1 Å². The minimum absolute atomic E-state index is 0.0134. The molecule has 0 amide bonds. The van der Waals surface area contributed by atoms with Crippen molar-refractivity contribution in [3.63, 3.8) is 0 Å². The normalized spacial score (nSPS) is 11.4. The number of aromatic nitrogens is 1. The molecule has 6 nitrogen and oxygen atoms in total. The number of nitrogens with one attached hydrogen (secondary N) is 2. The predicted octanol–water partition coefficient (Wildman–Crippen LogP) is 3.65. The van der Waals surface area contributed by atoms with Crippen LogP contribution in [0.1, 0.15) is 30.7 Å². The van der Waals surface area contributed by atoms with E-state index in [0.29, 0.717) is 31.2 Å². The van der Waals surface area contributed by atoms with Crippen molar-refractivity contribution < 1.29 is 18.3 Å². The summed E-state index contributed by atoms with van der Waals surface area (Å²) in [5.74, 6) is 0.842. The molecule has 0 spiro atoms. The van der Waals surface area contributed by atoms with Gasteiger partial charge in [0, 0.05) is 18.3 Å². The standard InChI is InChI=1S/C20H26F2N4O2/c1-4-23-20(26-13-16-14(3)8-7-11-24-16)25-12-15-9-6-10-17(27-5-2)18(15)28-19(21)22/h6-11,19H,4-5,12-13H2,1-3H3,(H2,23,25,26).